The van der Waals surface area contributed by atoms with Gasteiger partial charge in [0.25, 0.3) is 0 Å². The zero-order valence-corrected chi connectivity index (χ0v) is 14.2. The molecule has 0 saturated carbocycles. The van der Waals surface area contributed by atoms with Crippen LogP contribution in [-0.4, -0.2) is 37.2 Å². The Morgan fingerprint density at radius 3 is 3.14 bits per heavy atom. The number of ether oxygens (including phenoxy) is 1. The first-order valence-corrected chi connectivity index (χ1v) is 8.94. The molecule has 3 heterocycles. The van der Waals surface area contributed by atoms with Gasteiger partial charge in [0, 0.05) is 35.6 Å². The van der Waals surface area contributed by atoms with Gasteiger partial charge < -0.3 is 10.1 Å². The Hall–Kier alpha value is -0.580. The lowest BCUT2D eigenvalue weighted by Crippen LogP contribution is -2.34. The summed E-state index contributed by atoms with van der Waals surface area (Å²) in [6.07, 6.45) is 2.30. The molecule has 0 aliphatic carbocycles. The minimum Gasteiger partial charge on any atom is -0.493 e. The monoisotopic (exact) mass is 350 g/mol. The topological polar surface area (TPSA) is 24.5 Å². The van der Waals surface area contributed by atoms with Crippen LogP contribution in [0.4, 0.5) is 0 Å². The maximum absolute atomic E-state index is 5.90. The van der Waals surface area contributed by atoms with E-state index in [-0.39, 0.29) is 0 Å². The van der Waals surface area contributed by atoms with Crippen molar-refractivity contribution in [1.29, 1.82) is 0 Å². The fourth-order valence-electron chi connectivity index (χ4n) is 4.54. The highest BCUT2D eigenvalue weighted by Gasteiger charge is 2.43. The minimum atomic E-state index is 0.723. The van der Waals surface area contributed by atoms with Crippen molar-refractivity contribution >= 4 is 15.9 Å². The van der Waals surface area contributed by atoms with Gasteiger partial charge in [-0.2, -0.15) is 0 Å². The van der Waals surface area contributed by atoms with Crippen LogP contribution in [0.1, 0.15) is 24.5 Å². The number of fused-ring (bicyclic) bond motifs is 2. The molecule has 1 aromatic rings. The Bertz CT molecular complexity index is 548. The first-order valence-electron chi connectivity index (χ1n) is 8.15. The van der Waals surface area contributed by atoms with Gasteiger partial charge in [-0.3, -0.25) is 4.90 Å². The molecule has 3 aliphatic rings. The Labute approximate surface area is 135 Å². The van der Waals surface area contributed by atoms with Crippen LogP contribution < -0.4 is 10.1 Å². The molecule has 3 unspecified atom stereocenters. The van der Waals surface area contributed by atoms with E-state index < -0.39 is 0 Å². The molecule has 0 spiro atoms. The number of hydrogen-bond donors (Lipinski definition) is 1. The summed E-state index contributed by atoms with van der Waals surface area (Å²) in [5.74, 6) is 2.84. The summed E-state index contributed by atoms with van der Waals surface area (Å²) in [5, 5.41) is 3.56. The van der Waals surface area contributed by atoms with Crippen LogP contribution >= 0.6 is 15.9 Å². The molecule has 0 aromatic heterocycles. The van der Waals surface area contributed by atoms with E-state index in [1.807, 2.05) is 0 Å². The number of nitrogens with zero attached hydrogens (tertiary/aromatic N) is 1. The van der Waals surface area contributed by atoms with E-state index in [2.05, 4.69) is 45.2 Å². The largest absolute Gasteiger partial charge is 0.493 e. The predicted molar refractivity (Wildman–Crippen MR) is 87.7 cm³/mol. The van der Waals surface area contributed by atoms with Crippen LogP contribution in [0.2, 0.25) is 0 Å². The van der Waals surface area contributed by atoms with Crippen molar-refractivity contribution in [2.24, 2.45) is 11.8 Å². The maximum Gasteiger partial charge on any atom is 0.127 e. The van der Waals surface area contributed by atoms with Crippen LogP contribution in [0.15, 0.2) is 16.6 Å². The molecule has 0 radical (unpaired) electrons. The lowest BCUT2D eigenvalue weighted by atomic mass is 9.93. The summed E-state index contributed by atoms with van der Waals surface area (Å²) < 4.78 is 7.09. The Morgan fingerprint density at radius 2 is 2.29 bits per heavy atom. The van der Waals surface area contributed by atoms with Gasteiger partial charge >= 0.3 is 0 Å². The van der Waals surface area contributed by atoms with Crippen molar-refractivity contribution < 1.29 is 4.74 Å². The van der Waals surface area contributed by atoms with Gasteiger partial charge in [-0.25, -0.2) is 0 Å². The van der Waals surface area contributed by atoms with E-state index in [9.17, 15) is 0 Å². The Kier molecular flexibility index (Phi) is 3.72. The normalized spacial score (nSPS) is 31.2. The van der Waals surface area contributed by atoms with Gasteiger partial charge in [-0.1, -0.05) is 22.9 Å². The standard InChI is InChI=1S/C17H23BrN2O/c1-2-16-15-8-19-7-13(15)10-20(16)9-12-6-14(18)5-11-3-4-21-17(11)12/h5-6,13,15-16,19H,2-4,7-10H2,1H3. The zero-order valence-electron chi connectivity index (χ0n) is 12.6. The van der Waals surface area contributed by atoms with E-state index in [0.717, 1.165) is 43.2 Å². The first kappa shape index (κ1) is 14.0. The fraction of sp³-hybridized carbons (Fsp3) is 0.647. The molecule has 1 aromatic carbocycles. The second kappa shape index (κ2) is 5.56. The molecule has 4 rings (SSSR count). The first-order chi connectivity index (χ1) is 10.3. The van der Waals surface area contributed by atoms with Gasteiger partial charge in [-0.15, -0.1) is 0 Å². The van der Waals surface area contributed by atoms with E-state index in [4.69, 9.17) is 4.74 Å². The number of benzene rings is 1. The highest BCUT2D eigenvalue weighted by Crippen LogP contribution is 2.38. The molecule has 2 saturated heterocycles. The van der Waals surface area contributed by atoms with E-state index >= 15 is 0 Å². The van der Waals surface area contributed by atoms with Crippen LogP contribution in [0.5, 0.6) is 5.75 Å². The average molecular weight is 351 g/mol. The summed E-state index contributed by atoms with van der Waals surface area (Å²) in [7, 11) is 0. The van der Waals surface area contributed by atoms with Crippen molar-refractivity contribution in [2.75, 3.05) is 26.2 Å². The highest BCUT2D eigenvalue weighted by atomic mass is 79.9. The number of nitrogens with one attached hydrogen (secondary N) is 1. The van der Waals surface area contributed by atoms with Crippen molar-refractivity contribution in [3.05, 3.63) is 27.7 Å². The third kappa shape index (κ3) is 2.41. The summed E-state index contributed by atoms with van der Waals surface area (Å²) in [5.41, 5.74) is 2.73. The summed E-state index contributed by atoms with van der Waals surface area (Å²) in [6.45, 7) is 7.84. The Morgan fingerprint density at radius 1 is 1.38 bits per heavy atom. The van der Waals surface area contributed by atoms with E-state index in [1.165, 1.54) is 41.7 Å². The molecule has 4 heteroatoms. The molecule has 2 fully saturated rings. The van der Waals surface area contributed by atoms with Crippen LogP contribution in [0.3, 0.4) is 0 Å². The van der Waals surface area contributed by atoms with Gasteiger partial charge in [0.05, 0.1) is 6.61 Å². The summed E-state index contributed by atoms with van der Waals surface area (Å²) >= 11 is 3.66. The third-order valence-electron chi connectivity index (χ3n) is 5.44. The van der Waals surface area contributed by atoms with Crippen LogP contribution in [0.25, 0.3) is 0 Å². The fourth-order valence-corrected chi connectivity index (χ4v) is 5.09. The Balaban J connectivity index is 1.59. The number of likely N-dealkylation sites (tertiary alicyclic amines) is 1. The van der Waals surface area contributed by atoms with Crippen LogP contribution in [0, 0.1) is 11.8 Å². The van der Waals surface area contributed by atoms with Gasteiger partial charge in [0.15, 0.2) is 0 Å². The van der Waals surface area contributed by atoms with Crippen molar-refractivity contribution in [2.45, 2.75) is 32.4 Å². The second-order valence-electron chi connectivity index (χ2n) is 6.64. The maximum atomic E-state index is 5.90. The SMILES string of the molecule is CCC1C2CNCC2CN1Cc1cc(Br)cc2c1OCC2. The summed E-state index contributed by atoms with van der Waals surface area (Å²) in [4.78, 5) is 2.69. The molecule has 3 atom stereocenters. The molecule has 21 heavy (non-hydrogen) atoms. The third-order valence-corrected chi connectivity index (χ3v) is 5.90. The van der Waals surface area contributed by atoms with Gasteiger partial charge in [0.1, 0.15) is 5.75 Å². The number of rotatable bonds is 3. The van der Waals surface area contributed by atoms with E-state index in [0.29, 0.717) is 0 Å². The molecule has 3 nitrogen and oxygen atoms in total. The molecular formula is C17H23BrN2O. The van der Waals surface area contributed by atoms with Crippen LogP contribution in [-0.2, 0) is 13.0 Å². The summed E-state index contributed by atoms with van der Waals surface area (Å²) in [6, 6.07) is 5.19. The number of halogens is 1. The predicted octanol–water partition coefficient (Wildman–Crippen LogP) is 2.81. The lowest BCUT2D eigenvalue weighted by molar-refractivity contribution is 0.207. The molecular weight excluding hydrogens is 328 g/mol. The van der Waals surface area contributed by atoms with Crippen molar-refractivity contribution in [3.63, 3.8) is 0 Å². The number of hydrogen-bond acceptors (Lipinski definition) is 3. The highest BCUT2D eigenvalue weighted by molar-refractivity contribution is 9.10. The molecule has 0 bridgehead atoms. The van der Waals surface area contributed by atoms with Gasteiger partial charge in [0.2, 0.25) is 0 Å². The lowest BCUT2D eigenvalue weighted by Gasteiger charge is -2.27. The molecule has 114 valence electrons. The van der Waals surface area contributed by atoms with E-state index in [1.54, 1.807) is 0 Å². The average Bonchev–Trinajstić information content (AvgIpc) is 3.12. The minimum absolute atomic E-state index is 0.723. The quantitative estimate of drug-likeness (QED) is 0.906. The van der Waals surface area contributed by atoms with Crippen molar-refractivity contribution in [1.82, 2.24) is 10.2 Å². The van der Waals surface area contributed by atoms with Crippen molar-refractivity contribution in [3.8, 4) is 5.75 Å². The van der Waals surface area contributed by atoms with Gasteiger partial charge in [-0.05, 0) is 49.0 Å². The second-order valence-corrected chi connectivity index (χ2v) is 7.55. The molecule has 0 amide bonds. The smallest absolute Gasteiger partial charge is 0.127 e. The molecule has 3 aliphatic heterocycles. The molecule has 1 N–H and O–H groups in total. The zero-order chi connectivity index (χ0) is 14.4.